The number of para-hydroxylation sites is 2. The number of aromatic nitrogens is 2. The zero-order chi connectivity index (χ0) is 17.9. The van der Waals surface area contributed by atoms with Crippen LogP contribution in [0.2, 0.25) is 0 Å². The highest BCUT2D eigenvalue weighted by Crippen LogP contribution is 2.34. The van der Waals surface area contributed by atoms with E-state index < -0.39 is 0 Å². The summed E-state index contributed by atoms with van der Waals surface area (Å²) in [6.45, 7) is 0.233. The van der Waals surface area contributed by atoms with Gasteiger partial charge in [0.15, 0.2) is 5.58 Å². The van der Waals surface area contributed by atoms with E-state index in [1.807, 2.05) is 54.8 Å². The van der Waals surface area contributed by atoms with Gasteiger partial charge >= 0.3 is 0 Å². The van der Waals surface area contributed by atoms with Crippen molar-refractivity contribution in [3.8, 4) is 0 Å². The number of pyridine rings is 1. The third kappa shape index (κ3) is 3.27. The number of hydrogen-bond donors (Lipinski definition) is 1. The molecule has 5 nitrogen and oxygen atoms in total. The van der Waals surface area contributed by atoms with Gasteiger partial charge in [0.1, 0.15) is 5.52 Å². The molecule has 2 heterocycles. The molecule has 0 saturated heterocycles. The van der Waals surface area contributed by atoms with Crippen LogP contribution in [0.25, 0.3) is 22.0 Å². The summed E-state index contributed by atoms with van der Waals surface area (Å²) >= 11 is 0. The molecule has 1 amide bonds. The van der Waals surface area contributed by atoms with E-state index in [4.69, 9.17) is 4.42 Å². The summed E-state index contributed by atoms with van der Waals surface area (Å²) in [7, 11) is 3.28. The summed E-state index contributed by atoms with van der Waals surface area (Å²) in [5.41, 5.74) is 2.92. The van der Waals surface area contributed by atoms with Gasteiger partial charge < -0.3 is 9.73 Å². The van der Waals surface area contributed by atoms with Gasteiger partial charge in [-0.15, -0.1) is 0 Å². The molecule has 0 aliphatic carbocycles. The summed E-state index contributed by atoms with van der Waals surface area (Å²) in [5, 5.41) is 3.72. The number of rotatable bonds is 5. The predicted octanol–water partition coefficient (Wildman–Crippen LogP) is 4.68. The van der Waals surface area contributed by atoms with Crippen molar-refractivity contribution in [1.82, 2.24) is 15.3 Å². The van der Waals surface area contributed by atoms with Crippen molar-refractivity contribution in [2.24, 2.45) is 0 Å². The third-order valence-corrected chi connectivity index (χ3v) is 5.60. The lowest BCUT2D eigenvalue weighted by atomic mass is 10.1. The fourth-order valence-electron chi connectivity index (χ4n) is 2.75. The van der Waals surface area contributed by atoms with Crippen LogP contribution in [-0.4, -0.2) is 22.1 Å². The summed E-state index contributed by atoms with van der Waals surface area (Å²) in [5.74, 6) is 0.308. The van der Waals surface area contributed by atoms with Crippen LogP contribution < -0.4 is 5.32 Å². The lowest BCUT2D eigenvalue weighted by molar-refractivity contribution is 0.0949. The first-order valence-electron chi connectivity index (χ1n) is 7.97. The van der Waals surface area contributed by atoms with Crippen LogP contribution in [0.1, 0.15) is 16.2 Å². The molecule has 2 aromatic carbocycles. The number of carbonyl (C=O) groups excluding carboxylic acids is 1. The van der Waals surface area contributed by atoms with Crippen molar-refractivity contribution in [2.45, 2.75) is 11.4 Å². The SMILES string of the molecule is CSSc1ccc(C(=O)NCc2nc3ccccc3o2)c2cccnc12. The quantitative estimate of drug-likeness (QED) is 0.507. The molecular weight excluding hydrogens is 366 g/mol. The van der Waals surface area contributed by atoms with E-state index in [1.54, 1.807) is 27.8 Å². The minimum absolute atomic E-state index is 0.175. The zero-order valence-electron chi connectivity index (χ0n) is 13.9. The van der Waals surface area contributed by atoms with Gasteiger partial charge in [-0.3, -0.25) is 9.78 Å². The minimum atomic E-state index is -0.175. The van der Waals surface area contributed by atoms with Gasteiger partial charge in [-0.1, -0.05) is 39.8 Å². The van der Waals surface area contributed by atoms with Gasteiger partial charge in [0.25, 0.3) is 5.91 Å². The summed E-state index contributed by atoms with van der Waals surface area (Å²) < 4.78 is 5.65. The Bertz CT molecular complexity index is 1060. The van der Waals surface area contributed by atoms with Crippen molar-refractivity contribution >= 4 is 49.5 Å². The molecule has 0 atom stereocenters. The Morgan fingerprint density at radius 2 is 2.04 bits per heavy atom. The first-order chi connectivity index (χ1) is 12.8. The highest BCUT2D eigenvalue weighted by molar-refractivity contribution is 8.76. The first kappa shape index (κ1) is 16.9. The van der Waals surface area contributed by atoms with E-state index in [0.717, 1.165) is 21.3 Å². The summed E-state index contributed by atoms with van der Waals surface area (Å²) in [6, 6.07) is 15.1. The molecule has 0 bridgehead atoms. The van der Waals surface area contributed by atoms with Crippen LogP contribution in [0.4, 0.5) is 0 Å². The van der Waals surface area contributed by atoms with Crippen molar-refractivity contribution in [3.63, 3.8) is 0 Å². The fraction of sp³-hybridized carbons (Fsp3) is 0.105. The van der Waals surface area contributed by atoms with Crippen molar-refractivity contribution in [3.05, 3.63) is 66.2 Å². The average Bonchev–Trinajstić information content (AvgIpc) is 3.09. The first-order valence-corrected chi connectivity index (χ1v) is 10.5. The Kier molecular flexibility index (Phi) is 4.81. The van der Waals surface area contributed by atoms with Gasteiger partial charge in [0.05, 0.1) is 12.1 Å². The van der Waals surface area contributed by atoms with Gasteiger partial charge in [0.2, 0.25) is 5.89 Å². The van der Waals surface area contributed by atoms with Crippen LogP contribution in [0, 0.1) is 0 Å². The number of carbonyl (C=O) groups is 1. The smallest absolute Gasteiger partial charge is 0.252 e. The van der Waals surface area contributed by atoms with E-state index in [1.165, 1.54) is 0 Å². The highest BCUT2D eigenvalue weighted by Gasteiger charge is 2.14. The number of fused-ring (bicyclic) bond motifs is 2. The Hall–Kier alpha value is -2.51. The average molecular weight is 381 g/mol. The third-order valence-electron chi connectivity index (χ3n) is 3.89. The van der Waals surface area contributed by atoms with E-state index in [2.05, 4.69) is 15.3 Å². The number of nitrogens with one attached hydrogen (secondary N) is 1. The van der Waals surface area contributed by atoms with E-state index in [0.29, 0.717) is 17.0 Å². The van der Waals surface area contributed by atoms with Crippen LogP contribution in [0.5, 0.6) is 0 Å². The molecule has 0 fully saturated rings. The van der Waals surface area contributed by atoms with E-state index >= 15 is 0 Å². The molecular formula is C19H15N3O2S2. The molecule has 0 aliphatic rings. The Morgan fingerprint density at radius 1 is 1.15 bits per heavy atom. The monoisotopic (exact) mass is 381 g/mol. The second-order valence-corrected chi connectivity index (χ2v) is 7.96. The van der Waals surface area contributed by atoms with E-state index in [9.17, 15) is 4.79 Å². The fourth-order valence-corrected chi connectivity index (χ4v) is 4.24. The van der Waals surface area contributed by atoms with Gasteiger partial charge in [-0.05, 0) is 36.6 Å². The molecule has 4 rings (SSSR count). The summed E-state index contributed by atoms with van der Waals surface area (Å²) in [6.07, 6.45) is 3.76. The van der Waals surface area contributed by atoms with Gasteiger partial charge in [-0.2, -0.15) is 0 Å². The molecule has 130 valence electrons. The second kappa shape index (κ2) is 7.39. The number of oxazole rings is 1. The predicted molar refractivity (Wildman–Crippen MR) is 106 cm³/mol. The molecule has 0 aliphatic heterocycles. The number of amides is 1. The number of benzene rings is 2. The largest absolute Gasteiger partial charge is 0.439 e. The molecule has 0 spiro atoms. The minimum Gasteiger partial charge on any atom is -0.439 e. The van der Waals surface area contributed by atoms with Crippen molar-refractivity contribution in [1.29, 1.82) is 0 Å². The molecule has 1 N–H and O–H groups in total. The van der Waals surface area contributed by atoms with E-state index in [-0.39, 0.29) is 12.5 Å². The van der Waals surface area contributed by atoms with Gasteiger partial charge in [-0.25, -0.2) is 4.98 Å². The Balaban J connectivity index is 1.59. The maximum Gasteiger partial charge on any atom is 0.252 e. The highest BCUT2D eigenvalue weighted by atomic mass is 33.1. The van der Waals surface area contributed by atoms with Crippen molar-refractivity contribution in [2.75, 3.05) is 6.26 Å². The standard InChI is InChI=1S/C19H15N3O2S2/c1-25-26-16-9-8-13(12-5-4-10-20-18(12)16)19(23)21-11-17-22-14-6-2-3-7-15(14)24-17/h2-10H,11H2,1H3,(H,21,23). The van der Waals surface area contributed by atoms with Gasteiger partial charge in [0, 0.05) is 22.0 Å². The maximum atomic E-state index is 12.7. The van der Waals surface area contributed by atoms with Crippen LogP contribution in [-0.2, 0) is 6.54 Å². The van der Waals surface area contributed by atoms with Crippen LogP contribution in [0.15, 0.2) is 64.0 Å². The lowest BCUT2D eigenvalue weighted by Gasteiger charge is -2.09. The summed E-state index contributed by atoms with van der Waals surface area (Å²) in [4.78, 5) is 22.6. The molecule has 0 unspecified atom stereocenters. The van der Waals surface area contributed by atoms with Crippen LogP contribution in [0.3, 0.4) is 0 Å². The van der Waals surface area contributed by atoms with Crippen LogP contribution >= 0.6 is 21.6 Å². The molecule has 2 aromatic heterocycles. The second-order valence-electron chi connectivity index (χ2n) is 5.52. The topological polar surface area (TPSA) is 68.0 Å². The maximum absolute atomic E-state index is 12.7. The Morgan fingerprint density at radius 3 is 2.88 bits per heavy atom. The Labute approximate surface area is 158 Å². The zero-order valence-corrected chi connectivity index (χ0v) is 15.6. The number of hydrogen-bond acceptors (Lipinski definition) is 6. The molecule has 26 heavy (non-hydrogen) atoms. The van der Waals surface area contributed by atoms with Crippen molar-refractivity contribution < 1.29 is 9.21 Å². The molecule has 4 aromatic rings. The number of nitrogens with zero attached hydrogens (tertiary/aromatic N) is 2. The normalized spacial score (nSPS) is 11.1. The molecule has 0 saturated carbocycles. The molecule has 0 radical (unpaired) electrons. The molecule has 7 heteroatoms. The lowest BCUT2D eigenvalue weighted by Crippen LogP contribution is -2.23.